The maximum Gasteiger partial charge on any atom is 0.253 e. The van der Waals surface area contributed by atoms with Crippen molar-refractivity contribution in [2.45, 2.75) is 19.0 Å². The van der Waals surface area contributed by atoms with Gasteiger partial charge in [-0.15, -0.1) is 0 Å². The van der Waals surface area contributed by atoms with E-state index in [0.29, 0.717) is 5.56 Å². The third kappa shape index (κ3) is 2.58. The van der Waals surface area contributed by atoms with Crippen LogP contribution in [0, 0.1) is 24.4 Å². The maximum absolute atomic E-state index is 13.6. The quantitative estimate of drug-likeness (QED) is 0.802. The van der Waals surface area contributed by atoms with Gasteiger partial charge in [-0.25, -0.2) is 18.2 Å². The second kappa shape index (κ2) is 5.49. The number of aromatic nitrogens is 1. The number of rotatable bonds is 3. The largest absolute Gasteiger partial charge is 0.312 e. The van der Waals surface area contributed by atoms with Crippen LogP contribution in [0.15, 0.2) is 45.2 Å². The van der Waals surface area contributed by atoms with Crippen LogP contribution in [-0.2, 0) is 12.1 Å². The summed E-state index contributed by atoms with van der Waals surface area (Å²) in [5, 5.41) is 0. The van der Waals surface area contributed by atoms with Gasteiger partial charge in [-0.2, -0.15) is 0 Å². The van der Waals surface area contributed by atoms with Gasteiger partial charge in [0, 0.05) is 18.0 Å². The van der Waals surface area contributed by atoms with Crippen molar-refractivity contribution in [2.75, 3.05) is 0 Å². The molecule has 0 spiro atoms. The van der Waals surface area contributed by atoms with E-state index in [0.717, 1.165) is 12.1 Å². The lowest BCUT2D eigenvalue weighted by Gasteiger charge is -2.25. The molecule has 1 unspecified atom stereocenters. The molecular weight excluding hydrogens is 307 g/mol. The van der Waals surface area contributed by atoms with Crippen LogP contribution in [0.5, 0.6) is 0 Å². The Balaban J connectivity index is 2.12. The van der Waals surface area contributed by atoms with Gasteiger partial charge in [-0.3, -0.25) is 9.79 Å². The highest BCUT2D eigenvalue weighted by molar-refractivity contribution is 5.87. The smallest absolute Gasteiger partial charge is 0.253 e. The Morgan fingerprint density at radius 2 is 1.91 bits per heavy atom. The summed E-state index contributed by atoms with van der Waals surface area (Å²) in [6.07, 6.45) is 4.17. The van der Waals surface area contributed by atoms with E-state index < -0.39 is 23.0 Å². The van der Waals surface area contributed by atoms with E-state index >= 15 is 0 Å². The molecule has 1 aromatic carbocycles. The van der Waals surface area contributed by atoms with Crippen molar-refractivity contribution >= 4 is 12.6 Å². The first kappa shape index (κ1) is 15.2. The topological polar surface area (TPSA) is 46.7 Å². The zero-order valence-electron chi connectivity index (χ0n) is 12.1. The molecule has 118 valence electrons. The average Bonchev–Trinajstić information content (AvgIpc) is 2.99. The molecule has 0 fully saturated rings. The zero-order chi connectivity index (χ0) is 16.6. The van der Waals surface area contributed by atoms with Gasteiger partial charge in [0.25, 0.3) is 5.56 Å². The first-order valence-corrected chi connectivity index (χ1v) is 6.82. The molecule has 1 aliphatic heterocycles. The highest BCUT2D eigenvalue weighted by atomic mass is 19.2. The average molecular weight is 319 g/mol. The molecule has 0 amide bonds. The maximum atomic E-state index is 13.6. The first-order valence-electron chi connectivity index (χ1n) is 6.82. The summed E-state index contributed by atoms with van der Waals surface area (Å²) in [7, 11) is 0. The molecule has 0 bridgehead atoms. The van der Waals surface area contributed by atoms with Crippen LogP contribution in [0.2, 0.25) is 0 Å². The highest BCUT2D eigenvalue weighted by Crippen LogP contribution is 2.30. The summed E-state index contributed by atoms with van der Waals surface area (Å²) in [5.41, 5.74) is -0.893. The summed E-state index contributed by atoms with van der Waals surface area (Å²) in [5.74, 6) is -4.17. The Kier molecular flexibility index (Phi) is 3.63. The Labute approximate surface area is 129 Å². The van der Waals surface area contributed by atoms with Gasteiger partial charge >= 0.3 is 0 Å². The second-order valence-electron chi connectivity index (χ2n) is 5.33. The number of pyridine rings is 1. The van der Waals surface area contributed by atoms with Crippen LogP contribution >= 0.6 is 0 Å². The van der Waals surface area contributed by atoms with E-state index in [-0.39, 0.29) is 17.7 Å². The van der Waals surface area contributed by atoms with Crippen LogP contribution in [0.25, 0.3) is 0 Å². The Bertz CT molecular complexity index is 851. The molecule has 0 aliphatic carbocycles. The fourth-order valence-corrected chi connectivity index (χ4v) is 2.49. The van der Waals surface area contributed by atoms with E-state index in [4.69, 9.17) is 0 Å². The number of hydrogen-bond acceptors (Lipinski definition) is 3. The molecule has 3 rings (SSSR count). The van der Waals surface area contributed by atoms with Crippen LogP contribution in [0.1, 0.15) is 11.1 Å². The molecular formula is C16H12F3N3O. The predicted molar refractivity (Wildman–Crippen MR) is 80.4 cm³/mol. The molecule has 0 saturated heterocycles. The second-order valence-corrected chi connectivity index (χ2v) is 5.33. The van der Waals surface area contributed by atoms with Crippen molar-refractivity contribution in [3.8, 4) is 0 Å². The minimum atomic E-state index is -1.55. The predicted octanol–water partition coefficient (Wildman–Crippen LogP) is 2.58. The number of aliphatic imine (C=N–C) groups is 2. The van der Waals surface area contributed by atoms with Crippen LogP contribution in [0.4, 0.5) is 13.2 Å². The number of nitrogens with zero attached hydrogens (tertiary/aromatic N) is 3. The van der Waals surface area contributed by atoms with Crippen molar-refractivity contribution in [1.29, 1.82) is 0 Å². The first-order chi connectivity index (χ1) is 10.9. The van der Waals surface area contributed by atoms with E-state index in [1.807, 2.05) is 0 Å². The molecule has 4 nitrogen and oxygen atoms in total. The Morgan fingerprint density at radius 3 is 2.52 bits per heavy atom. The molecule has 2 heterocycles. The SMILES string of the molecule is Cc1cccn(CC2(c3cc(F)c(F)c(F)c3)C=NC=N2)c1=O. The molecule has 0 radical (unpaired) electrons. The van der Waals surface area contributed by atoms with Crippen molar-refractivity contribution in [2.24, 2.45) is 9.98 Å². The van der Waals surface area contributed by atoms with Gasteiger partial charge < -0.3 is 4.57 Å². The lowest BCUT2D eigenvalue weighted by Crippen LogP contribution is -2.35. The minimum Gasteiger partial charge on any atom is -0.312 e. The van der Waals surface area contributed by atoms with Gasteiger partial charge in [0.2, 0.25) is 0 Å². The lowest BCUT2D eigenvalue weighted by atomic mass is 9.91. The fourth-order valence-electron chi connectivity index (χ4n) is 2.49. The normalized spacial score (nSPS) is 19.5. The molecule has 7 heteroatoms. The standard InChI is InChI=1S/C16H12F3N3O/c1-10-3-2-4-22(15(10)23)8-16(7-20-9-21-16)11-5-12(17)14(19)13(18)6-11/h2-7,9H,8H2,1H3. The monoisotopic (exact) mass is 319 g/mol. The van der Waals surface area contributed by atoms with Crippen molar-refractivity contribution in [1.82, 2.24) is 4.57 Å². The molecule has 0 N–H and O–H groups in total. The van der Waals surface area contributed by atoms with Gasteiger partial charge in [0.15, 0.2) is 17.5 Å². The van der Waals surface area contributed by atoms with E-state index in [9.17, 15) is 18.0 Å². The van der Waals surface area contributed by atoms with Crippen molar-refractivity contribution < 1.29 is 13.2 Å². The summed E-state index contributed by atoms with van der Waals surface area (Å²) in [6, 6.07) is 5.09. The Hall–Kier alpha value is -2.70. The number of hydrogen-bond donors (Lipinski definition) is 0. The third-order valence-corrected chi connectivity index (χ3v) is 3.75. The number of halogens is 3. The molecule has 1 atom stereocenters. The van der Waals surface area contributed by atoms with E-state index in [1.165, 1.54) is 17.1 Å². The van der Waals surface area contributed by atoms with Crippen LogP contribution in [0.3, 0.4) is 0 Å². The van der Waals surface area contributed by atoms with Crippen LogP contribution in [-0.4, -0.2) is 17.1 Å². The van der Waals surface area contributed by atoms with Gasteiger partial charge in [0.05, 0.1) is 6.54 Å². The lowest BCUT2D eigenvalue weighted by molar-refractivity contribution is 0.434. The van der Waals surface area contributed by atoms with E-state index in [2.05, 4.69) is 9.98 Å². The van der Waals surface area contributed by atoms with Gasteiger partial charge in [-0.05, 0) is 30.7 Å². The molecule has 1 aromatic heterocycles. The van der Waals surface area contributed by atoms with Crippen molar-refractivity contribution in [3.63, 3.8) is 0 Å². The van der Waals surface area contributed by atoms with E-state index in [1.54, 1.807) is 25.3 Å². The van der Waals surface area contributed by atoms with Crippen LogP contribution < -0.4 is 5.56 Å². The third-order valence-electron chi connectivity index (χ3n) is 3.75. The summed E-state index contributed by atoms with van der Waals surface area (Å²) < 4.78 is 41.7. The zero-order valence-corrected chi connectivity index (χ0v) is 12.1. The Morgan fingerprint density at radius 1 is 1.22 bits per heavy atom. The summed E-state index contributed by atoms with van der Waals surface area (Å²) in [4.78, 5) is 20.2. The molecule has 0 saturated carbocycles. The fraction of sp³-hybridized carbons (Fsp3) is 0.188. The highest BCUT2D eigenvalue weighted by Gasteiger charge is 2.34. The molecule has 23 heavy (non-hydrogen) atoms. The van der Waals surface area contributed by atoms with Gasteiger partial charge in [-0.1, -0.05) is 6.07 Å². The van der Waals surface area contributed by atoms with Gasteiger partial charge in [0.1, 0.15) is 11.9 Å². The minimum absolute atomic E-state index is 0.00196. The number of aryl methyl sites for hydroxylation is 1. The number of benzene rings is 1. The summed E-state index contributed by atoms with van der Waals surface area (Å²) >= 11 is 0. The summed E-state index contributed by atoms with van der Waals surface area (Å²) in [6.45, 7) is 1.66. The van der Waals surface area contributed by atoms with Crippen molar-refractivity contribution in [3.05, 3.63) is 69.4 Å². The molecule has 2 aromatic rings. The molecule has 1 aliphatic rings.